The summed E-state index contributed by atoms with van der Waals surface area (Å²) < 4.78 is 25.9. The van der Waals surface area contributed by atoms with E-state index < -0.39 is 39.2 Å². The maximum absolute atomic E-state index is 15.1. The Labute approximate surface area is 287 Å². The van der Waals surface area contributed by atoms with Gasteiger partial charge >= 0.3 is 5.97 Å². The van der Waals surface area contributed by atoms with E-state index in [9.17, 15) is 14.7 Å². The Balaban J connectivity index is 1.50. The lowest BCUT2D eigenvalue weighted by atomic mass is 9.51. The first-order valence-corrected chi connectivity index (χ1v) is 17.6. The monoisotopic (exact) mass is 678 g/mol. The first-order valence-electron chi connectivity index (χ1n) is 17.2. The maximum Gasteiger partial charge on any atom is 0.333 e. The van der Waals surface area contributed by atoms with Gasteiger partial charge in [-0.05, 0) is 92.9 Å². The standard InChI is InChI=1S/C39H47ClO8/c1-19(2)22-12-14-37(8)18-24(22)27-30(42)28-29(41)25-16-21-17-26-36(6,7)48-38(33(21)43,15-10-20(3)34(44)45-9)39(25,26)47-32(28)23(31(27)46-37)11-13-35(4,5)40/h10,16,21-22,24,26,42H,1,11-15,17-18H2,2-9H3/b20-10-/t21-,22?,24?,26-,37-,38+,39-/m1/s1. The van der Waals surface area contributed by atoms with Crippen LogP contribution in [-0.4, -0.2) is 57.0 Å². The van der Waals surface area contributed by atoms with Crippen molar-refractivity contribution in [1.29, 1.82) is 0 Å². The van der Waals surface area contributed by atoms with Crippen molar-refractivity contribution in [3.8, 4) is 17.2 Å². The van der Waals surface area contributed by atoms with Gasteiger partial charge in [-0.25, -0.2) is 4.79 Å². The molecule has 8 rings (SSSR count). The third-order valence-electron chi connectivity index (χ3n) is 12.3. The van der Waals surface area contributed by atoms with Gasteiger partial charge in [0.25, 0.3) is 0 Å². The molecule has 1 aromatic rings. The number of Topliss-reactive ketones (excluding diaryl/α,β-unsaturated/α-hetero) is 2. The van der Waals surface area contributed by atoms with E-state index in [-0.39, 0.29) is 52.8 Å². The minimum Gasteiger partial charge on any atom is -0.507 e. The fraction of sp³-hybridized carbons (Fsp3) is 0.615. The lowest BCUT2D eigenvalue weighted by molar-refractivity contribution is -0.171. The number of fused-ring (bicyclic) bond motifs is 5. The molecule has 1 spiro atoms. The van der Waals surface area contributed by atoms with E-state index in [1.165, 1.54) is 7.11 Å². The second-order valence-corrected chi connectivity index (χ2v) is 17.5. The van der Waals surface area contributed by atoms with E-state index in [1.54, 1.807) is 19.1 Å². The molecule has 9 heteroatoms. The SMILES string of the molecule is C=C(C)C1CC[C@]2(C)CC1c1c(O)c3c(c(CCC(C)(C)Cl)c1O2)O[C@]12C(=C[C@@H]4C[C@@H]1C(C)(C)O[C@@]2(C/C=C(/C)C(=O)OC)C4=O)C3=O. The summed E-state index contributed by atoms with van der Waals surface area (Å²) in [7, 11) is 1.31. The molecule has 0 aromatic heterocycles. The molecule has 258 valence electrons. The van der Waals surface area contributed by atoms with Crippen LogP contribution < -0.4 is 9.47 Å². The van der Waals surface area contributed by atoms with Gasteiger partial charge in [0.15, 0.2) is 22.8 Å². The van der Waals surface area contributed by atoms with Crippen molar-refractivity contribution < 1.29 is 38.4 Å². The average Bonchev–Trinajstić information content (AvgIpc) is 3.15. The number of aromatic hydroxyl groups is 1. The highest BCUT2D eigenvalue weighted by Gasteiger charge is 2.81. The summed E-state index contributed by atoms with van der Waals surface area (Å²) in [4.78, 5) is 41.4. The summed E-state index contributed by atoms with van der Waals surface area (Å²) in [6, 6.07) is 0. The van der Waals surface area contributed by atoms with Crippen molar-refractivity contribution in [2.75, 3.05) is 7.11 Å². The molecule has 8 nitrogen and oxygen atoms in total. The number of phenols is 1. The number of ketones is 2. The summed E-state index contributed by atoms with van der Waals surface area (Å²) in [5.74, 6) is -1.28. The summed E-state index contributed by atoms with van der Waals surface area (Å²) in [6.07, 6.45) is 7.22. The Bertz CT molecular complexity index is 1740. The number of phenolic OH excluding ortho intramolecular Hbond substituents is 1. The van der Waals surface area contributed by atoms with Crippen LogP contribution in [0.15, 0.2) is 35.5 Å². The Hall–Kier alpha value is -3.10. The van der Waals surface area contributed by atoms with Crippen molar-refractivity contribution in [3.63, 3.8) is 0 Å². The molecule has 48 heavy (non-hydrogen) atoms. The molecule has 0 amide bonds. The highest BCUT2D eigenvalue weighted by molar-refractivity contribution is 6.23. The van der Waals surface area contributed by atoms with Crippen LogP contribution in [-0.2, 0) is 25.5 Å². The quantitative estimate of drug-likeness (QED) is 0.137. The summed E-state index contributed by atoms with van der Waals surface area (Å²) in [5.41, 5.74) is -1.26. The van der Waals surface area contributed by atoms with Crippen LogP contribution >= 0.6 is 11.6 Å². The number of methoxy groups -OCH3 is 1. The molecule has 7 aliphatic rings. The second-order valence-electron chi connectivity index (χ2n) is 16.5. The smallest absolute Gasteiger partial charge is 0.333 e. The van der Waals surface area contributed by atoms with Gasteiger partial charge in [-0.2, -0.15) is 0 Å². The van der Waals surface area contributed by atoms with Crippen molar-refractivity contribution in [2.24, 2.45) is 17.8 Å². The van der Waals surface area contributed by atoms with E-state index in [2.05, 4.69) is 13.5 Å². The largest absolute Gasteiger partial charge is 0.507 e. The van der Waals surface area contributed by atoms with Crippen molar-refractivity contribution in [1.82, 2.24) is 0 Å². The minimum atomic E-state index is -1.58. The number of ether oxygens (including phenoxy) is 4. The fourth-order valence-electron chi connectivity index (χ4n) is 9.97. The first-order chi connectivity index (χ1) is 22.3. The second kappa shape index (κ2) is 10.5. The molecule has 1 saturated heterocycles. The predicted molar refractivity (Wildman–Crippen MR) is 181 cm³/mol. The molecular weight excluding hydrogens is 632 g/mol. The summed E-state index contributed by atoms with van der Waals surface area (Å²) in [5, 5.41) is 12.3. The summed E-state index contributed by atoms with van der Waals surface area (Å²) in [6.45, 7) is 17.8. The lowest BCUT2D eigenvalue weighted by Crippen LogP contribution is -2.72. The topological polar surface area (TPSA) is 108 Å². The van der Waals surface area contributed by atoms with E-state index in [0.29, 0.717) is 53.7 Å². The van der Waals surface area contributed by atoms with Crippen LogP contribution in [0.3, 0.4) is 0 Å². The third kappa shape index (κ3) is 4.40. The number of rotatable bonds is 7. The van der Waals surface area contributed by atoms with Crippen LogP contribution in [0, 0.1) is 17.8 Å². The molecule has 1 N–H and O–H groups in total. The number of alkyl halides is 1. The molecule has 0 radical (unpaired) electrons. The van der Waals surface area contributed by atoms with Crippen molar-refractivity contribution in [3.05, 3.63) is 52.1 Å². The lowest BCUT2D eigenvalue weighted by Gasteiger charge is -2.56. The number of hydrogen-bond donors (Lipinski definition) is 1. The molecule has 7 atom stereocenters. The molecule has 3 fully saturated rings. The molecule has 3 aliphatic heterocycles. The zero-order valence-corrected chi connectivity index (χ0v) is 30.1. The Morgan fingerprint density at radius 1 is 1.19 bits per heavy atom. The molecular formula is C39H47ClO8. The number of esters is 1. The number of carbonyl (C=O) groups excluding carboxylic acids is 3. The van der Waals surface area contributed by atoms with Crippen molar-refractivity contribution >= 4 is 29.1 Å². The first kappa shape index (κ1) is 33.4. The number of benzene rings is 1. The van der Waals surface area contributed by atoms with E-state index in [4.69, 9.17) is 30.5 Å². The molecule has 3 heterocycles. The zero-order chi connectivity index (χ0) is 34.9. The molecule has 6 bridgehead atoms. The van der Waals surface area contributed by atoms with Gasteiger partial charge in [-0.15, -0.1) is 11.6 Å². The highest BCUT2D eigenvalue weighted by atomic mass is 35.5. The van der Waals surface area contributed by atoms with Gasteiger partial charge in [0.1, 0.15) is 28.4 Å². The van der Waals surface area contributed by atoms with Gasteiger partial charge in [0, 0.05) is 51.3 Å². The Morgan fingerprint density at radius 3 is 2.54 bits per heavy atom. The van der Waals surface area contributed by atoms with Crippen LogP contribution in [0.5, 0.6) is 17.2 Å². The van der Waals surface area contributed by atoms with Gasteiger partial charge in [-0.1, -0.05) is 24.3 Å². The molecule has 4 aliphatic carbocycles. The van der Waals surface area contributed by atoms with Crippen molar-refractivity contribution in [2.45, 2.75) is 127 Å². The highest BCUT2D eigenvalue weighted by Crippen LogP contribution is 2.69. The predicted octanol–water partition coefficient (Wildman–Crippen LogP) is 7.47. The van der Waals surface area contributed by atoms with Crippen LogP contribution in [0.1, 0.15) is 114 Å². The molecule has 2 unspecified atom stereocenters. The van der Waals surface area contributed by atoms with Crippen LogP contribution in [0.2, 0.25) is 0 Å². The number of allylic oxidation sites excluding steroid dienone is 2. The van der Waals surface area contributed by atoms with E-state index in [1.807, 2.05) is 34.6 Å². The third-order valence-corrected chi connectivity index (χ3v) is 12.4. The van der Waals surface area contributed by atoms with E-state index >= 15 is 4.79 Å². The Morgan fingerprint density at radius 2 is 1.90 bits per heavy atom. The van der Waals surface area contributed by atoms with Gasteiger partial charge in [0.2, 0.25) is 0 Å². The minimum absolute atomic E-state index is 0.0149. The molecule has 1 aromatic carbocycles. The normalized spacial score (nSPS) is 35.5. The van der Waals surface area contributed by atoms with E-state index in [0.717, 1.165) is 18.4 Å². The molecule has 2 saturated carbocycles. The number of hydrogen-bond acceptors (Lipinski definition) is 8. The average molecular weight is 679 g/mol. The van der Waals surface area contributed by atoms with Gasteiger partial charge < -0.3 is 24.1 Å². The van der Waals surface area contributed by atoms with Crippen LogP contribution in [0.25, 0.3) is 0 Å². The Kier molecular flexibility index (Phi) is 7.28. The van der Waals surface area contributed by atoms with Gasteiger partial charge in [0.05, 0.1) is 12.7 Å². The maximum atomic E-state index is 15.1. The van der Waals surface area contributed by atoms with Crippen LogP contribution in [0.4, 0.5) is 0 Å². The fourth-order valence-corrected chi connectivity index (χ4v) is 10.1. The number of carbonyl (C=O) groups is 3. The number of halogens is 1. The zero-order valence-electron chi connectivity index (χ0n) is 29.3. The van der Waals surface area contributed by atoms with Gasteiger partial charge in [-0.3, -0.25) is 9.59 Å². The summed E-state index contributed by atoms with van der Waals surface area (Å²) >= 11 is 6.78.